The van der Waals surface area contributed by atoms with Gasteiger partial charge in [0.2, 0.25) is 0 Å². The van der Waals surface area contributed by atoms with Crippen molar-refractivity contribution in [1.29, 1.82) is 0 Å². The molecule has 3 nitrogen and oxygen atoms in total. The van der Waals surface area contributed by atoms with Gasteiger partial charge in [0.15, 0.2) is 6.61 Å². The maximum Gasteiger partial charge on any atom is 0.262 e. The van der Waals surface area contributed by atoms with Crippen LogP contribution in [0.2, 0.25) is 0 Å². The Kier molecular flexibility index (Phi) is 5.31. The molecule has 0 atom stereocenters. The fourth-order valence-electron chi connectivity index (χ4n) is 1.98. The zero-order valence-corrected chi connectivity index (χ0v) is 12.4. The number of carbonyl (C=O) groups is 1. The molecule has 0 fully saturated rings. The van der Waals surface area contributed by atoms with Gasteiger partial charge >= 0.3 is 0 Å². The fraction of sp³-hybridized carbons (Fsp3) is 0.167. The van der Waals surface area contributed by atoms with Crippen LogP contribution in [0, 0.1) is 12.7 Å². The van der Waals surface area contributed by atoms with E-state index < -0.39 is 0 Å². The monoisotopic (exact) mass is 299 g/mol. The molecule has 1 amide bonds. The largest absolute Gasteiger partial charge is 0.483 e. The highest BCUT2D eigenvalue weighted by molar-refractivity contribution is 5.91. The topological polar surface area (TPSA) is 38.3 Å². The van der Waals surface area contributed by atoms with Crippen LogP contribution in [-0.4, -0.2) is 12.5 Å². The summed E-state index contributed by atoms with van der Waals surface area (Å²) < 4.78 is 19.0. The highest BCUT2D eigenvalue weighted by Gasteiger charge is 2.07. The standard InChI is InChI=1S/C18H18FNO2/c1-3-6-14-7-4-5-8-17(14)22-12-18(21)20-15-10-9-13(2)16(19)11-15/h3-5,7-11H,1,6,12H2,2H3,(H,20,21). The SMILES string of the molecule is C=CCc1ccccc1OCC(=O)Nc1ccc(C)c(F)c1. The molecule has 2 rings (SSSR count). The minimum Gasteiger partial charge on any atom is -0.483 e. The highest BCUT2D eigenvalue weighted by Crippen LogP contribution is 2.19. The van der Waals surface area contributed by atoms with Gasteiger partial charge in [0.1, 0.15) is 11.6 Å². The lowest BCUT2D eigenvalue weighted by Gasteiger charge is -2.11. The Morgan fingerprint density at radius 3 is 2.82 bits per heavy atom. The van der Waals surface area contributed by atoms with Gasteiger partial charge in [-0.15, -0.1) is 6.58 Å². The van der Waals surface area contributed by atoms with Gasteiger partial charge in [-0.25, -0.2) is 4.39 Å². The molecule has 0 aliphatic carbocycles. The van der Waals surface area contributed by atoms with E-state index >= 15 is 0 Å². The van der Waals surface area contributed by atoms with E-state index in [-0.39, 0.29) is 18.3 Å². The Labute approximate surface area is 129 Å². The van der Waals surface area contributed by atoms with Gasteiger partial charge in [-0.05, 0) is 42.7 Å². The summed E-state index contributed by atoms with van der Waals surface area (Å²) in [7, 11) is 0. The van der Waals surface area contributed by atoms with Gasteiger partial charge in [-0.2, -0.15) is 0 Å². The molecule has 2 aromatic rings. The lowest BCUT2D eigenvalue weighted by atomic mass is 10.1. The van der Waals surface area contributed by atoms with E-state index in [2.05, 4.69) is 11.9 Å². The summed E-state index contributed by atoms with van der Waals surface area (Å²) in [6.45, 7) is 5.23. The van der Waals surface area contributed by atoms with Crippen molar-refractivity contribution in [3.63, 3.8) is 0 Å². The molecule has 114 valence electrons. The van der Waals surface area contributed by atoms with E-state index in [0.717, 1.165) is 5.56 Å². The number of hydrogen-bond donors (Lipinski definition) is 1. The number of benzene rings is 2. The van der Waals surface area contributed by atoms with Crippen molar-refractivity contribution in [2.45, 2.75) is 13.3 Å². The van der Waals surface area contributed by atoms with Crippen LogP contribution in [0.3, 0.4) is 0 Å². The van der Waals surface area contributed by atoms with Crippen molar-refractivity contribution >= 4 is 11.6 Å². The Hall–Kier alpha value is -2.62. The maximum absolute atomic E-state index is 13.4. The van der Waals surface area contributed by atoms with Gasteiger partial charge in [-0.1, -0.05) is 30.3 Å². The van der Waals surface area contributed by atoms with E-state index in [4.69, 9.17) is 4.74 Å². The third-order valence-corrected chi connectivity index (χ3v) is 3.15. The molecule has 4 heteroatoms. The van der Waals surface area contributed by atoms with E-state index in [9.17, 15) is 9.18 Å². The van der Waals surface area contributed by atoms with Gasteiger partial charge in [0.25, 0.3) is 5.91 Å². The predicted molar refractivity (Wildman–Crippen MR) is 85.6 cm³/mol. The molecule has 0 spiro atoms. The minimum atomic E-state index is -0.352. The number of allylic oxidation sites excluding steroid dienone is 1. The molecule has 0 aromatic heterocycles. The number of halogens is 1. The van der Waals surface area contributed by atoms with Crippen molar-refractivity contribution in [2.24, 2.45) is 0 Å². The summed E-state index contributed by atoms with van der Waals surface area (Å²) in [6, 6.07) is 12.0. The lowest BCUT2D eigenvalue weighted by Crippen LogP contribution is -2.20. The molecule has 0 aliphatic heterocycles. The first-order valence-corrected chi connectivity index (χ1v) is 6.97. The van der Waals surface area contributed by atoms with Crippen LogP contribution in [-0.2, 0) is 11.2 Å². The third kappa shape index (κ3) is 4.19. The lowest BCUT2D eigenvalue weighted by molar-refractivity contribution is -0.118. The Balaban J connectivity index is 1.95. The van der Waals surface area contributed by atoms with Crippen molar-refractivity contribution in [3.05, 3.63) is 72.1 Å². The molecule has 0 heterocycles. The van der Waals surface area contributed by atoms with Gasteiger partial charge in [0.05, 0.1) is 0 Å². The minimum absolute atomic E-state index is 0.135. The second-order valence-corrected chi connectivity index (χ2v) is 4.90. The zero-order chi connectivity index (χ0) is 15.9. The smallest absolute Gasteiger partial charge is 0.262 e. The Morgan fingerprint density at radius 2 is 2.09 bits per heavy atom. The molecule has 2 aromatic carbocycles. The first-order chi connectivity index (χ1) is 10.6. The average Bonchev–Trinajstić information content (AvgIpc) is 2.50. The number of carbonyl (C=O) groups excluding carboxylic acids is 1. The molecule has 0 saturated carbocycles. The molecule has 0 aliphatic rings. The molecular formula is C18H18FNO2. The Morgan fingerprint density at radius 1 is 1.32 bits per heavy atom. The quantitative estimate of drug-likeness (QED) is 0.822. The molecule has 0 bridgehead atoms. The normalized spacial score (nSPS) is 10.1. The van der Waals surface area contributed by atoms with Crippen LogP contribution in [0.25, 0.3) is 0 Å². The average molecular weight is 299 g/mol. The zero-order valence-electron chi connectivity index (χ0n) is 12.4. The summed E-state index contributed by atoms with van der Waals surface area (Å²) in [6.07, 6.45) is 2.44. The van der Waals surface area contributed by atoms with Crippen LogP contribution >= 0.6 is 0 Å². The second kappa shape index (κ2) is 7.41. The summed E-state index contributed by atoms with van der Waals surface area (Å²) >= 11 is 0. The van der Waals surface area contributed by atoms with Crippen LogP contribution in [0.1, 0.15) is 11.1 Å². The van der Waals surface area contributed by atoms with Crippen molar-refractivity contribution < 1.29 is 13.9 Å². The van der Waals surface area contributed by atoms with Crippen molar-refractivity contribution in [3.8, 4) is 5.75 Å². The van der Waals surface area contributed by atoms with Gasteiger partial charge < -0.3 is 10.1 Å². The molecule has 22 heavy (non-hydrogen) atoms. The first kappa shape index (κ1) is 15.8. The fourth-order valence-corrected chi connectivity index (χ4v) is 1.98. The number of nitrogens with one attached hydrogen (secondary N) is 1. The summed E-state index contributed by atoms with van der Waals surface area (Å²) in [5, 5.41) is 2.61. The number of ether oxygens (including phenoxy) is 1. The summed E-state index contributed by atoms with van der Waals surface area (Å²) in [5.74, 6) is -0.0423. The van der Waals surface area contributed by atoms with Crippen LogP contribution < -0.4 is 10.1 Å². The van der Waals surface area contributed by atoms with Crippen molar-refractivity contribution in [2.75, 3.05) is 11.9 Å². The van der Waals surface area contributed by atoms with Gasteiger partial charge in [0, 0.05) is 5.69 Å². The van der Waals surface area contributed by atoms with Crippen molar-refractivity contribution in [1.82, 2.24) is 0 Å². The molecule has 0 saturated heterocycles. The predicted octanol–water partition coefficient (Wildman–Crippen LogP) is 3.88. The Bertz CT molecular complexity index is 683. The molecule has 0 unspecified atom stereocenters. The van der Waals surface area contributed by atoms with E-state index in [0.29, 0.717) is 23.4 Å². The number of rotatable bonds is 6. The van der Waals surface area contributed by atoms with E-state index in [1.54, 1.807) is 31.2 Å². The highest BCUT2D eigenvalue weighted by atomic mass is 19.1. The number of anilines is 1. The number of aryl methyl sites for hydroxylation is 1. The number of hydrogen-bond acceptors (Lipinski definition) is 2. The summed E-state index contributed by atoms with van der Waals surface area (Å²) in [5.41, 5.74) is 1.91. The van der Waals surface area contributed by atoms with Crippen LogP contribution in [0.4, 0.5) is 10.1 Å². The maximum atomic E-state index is 13.4. The molecule has 1 N–H and O–H groups in total. The number of amides is 1. The van der Waals surface area contributed by atoms with Crippen LogP contribution in [0.5, 0.6) is 5.75 Å². The first-order valence-electron chi connectivity index (χ1n) is 6.97. The van der Waals surface area contributed by atoms with Crippen LogP contribution in [0.15, 0.2) is 55.1 Å². The second-order valence-electron chi connectivity index (χ2n) is 4.90. The third-order valence-electron chi connectivity index (χ3n) is 3.15. The molecular weight excluding hydrogens is 281 g/mol. The van der Waals surface area contributed by atoms with Gasteiger partial charge in [-0.3, -0.25) is 4.79 Å². The summed E-state index contributed by atoms with van der Waals surface area (Å²) in [4.78, 5) is 11.9. The van der Waals surface area contributed by atoms with E-state index in [1.165, 1.54) is 6.07 Å². The number of para-hydroxylation sites is 1. The van der Waals surface area contributed by atoms with E-state index in [1.807, 2.05) is 18.2 Å². The molecule has 0 radical (unpaired) electrons.